The van der Waals surface area contributed by atoms with Crippen LogP contribution in [-0.4, -0.2) is 43.2 Å². The number of carbonyl (C=O) groups excluding carboxylic acids is 2. The highest BCUT2D eigenvalue weighted by molar-refractivity contribution is 5.92. The van der Waals surface area contributed by atoms with Gasteiger partial charge in [-0.1, -0.05) is 44.2 Å². The number of benzene rings is 1. The summed E-state index contributed by atoms with van der Waals surface area (Å²) in [6.07, 6.45) is 1.19. The first-order valence-corrected chi connectivity index (χ1v) is 8.80. The van der Waals surface area contributed by atoms with Gasteiger partial charge in [-0.3, -0.25) is 9.59 Å². The Morgan fingerprint density at radius 3 is 2.52 bits per heavy atom. The van der Waals surface area contributed by atoms with Crippen molar-refractivity contribution in [2.24, 2.45) is 11.1 Å². The van der Waals surface area contributed by atoms with Crippen LogP contribution < -0.4 is 16.4 Å². The first kappa shape index (κ1) is 19.4. The number of ether oxygens (including phenoxy) is 1. The van der Waals surface area contributed by atoms with E-state index in [9.17, 15) is 9.59 Å². The average molecular weight is 347 g/mol. The number of rotatable bonds is 8. The van der Waals surface area contributed by atoms with E-state index in [1.807, 2.05) is 51.1 Å². The van der Waals surface area contributed by atoms with Gasteiger partial charge in [-0.2, -0.15) is 0 Å². The minimum Gasteiger partial charge on any atom is -0.378 e. The number of nitrogens with two attached hydrogens (primary N) is 1. The highest BCUT2D eigenvalue weighted by Crippen LogP contribution is 2.49. The monoisotopic (exact) mass is 347 g/mol. The SMILES string of the molecule is CCOC1CC(N)(C(=O)NCC(=O)NCCc2ccccc2)C1(C)C. The Balaban J connectivity index is 1.73. The maximum Gasteiger partial charge on any atom is 0.241 e. The smallest absolute Gasteiger partial charge is 0.241 e. The van der Waals surface area contributed by atoms with Crippen LogP contribution in [0, 0.1) is 5.41 Å². The molecule has 0 radical (unpaired) electrons. The summed E-state index contributed by atoms with van der Waals surface area (Å²) >= 11 is 0. The van der Waals surface area contributed by atoms with Gasteiger partial charge >= 0.3 is 0 Å². The molecule has 25 heavy (non-hydrogen) atoms. The summed E-state index contributed by atoms with van der Waals surface area (Å²) in [5.41, 5.74) is 5.98. The molecule has 0 heterocycles. The van der Waals surface area contributed by atoms with Crippen molar-refractivity contribution in [3.05, 3.63) is 35.9 Å². The minimum atomic E-state index is -1.00. The Labute approximate surface area is 149 Å². The topological polar surface area (TPSA) is 93.4 Å². The Morgan fingerprint density at radius 2 is 1.92 bits per heavy atom. The molecule has 0 aromatic heterocycles. The zero-order valence-electron chi connectivity index (χ0n) is 15.3. The second kappa shape index (κ2) is 7.97. The quantitative estimate of drug-likeness (QED) is 0.654. The second-order valence-corrected chi connectivity index (χ2v) is 7.11. The van der Waals surface area contributed by atoms with Crippen molar-refractivity contribution >= 4 is 11.8 Å². The molecule has 0 bridgehead atoms. The van der Waals surface area contributed by atoms with Crippen LogP contribution >= 0.6 is 0 Å². The van der Waals surface area contributed by atoms with Gasteiger partial charge in [-0.05, 0) is 18.9 Å². The van der Waals surface area contributed by atoms with Gasteiger partial charge in [0.2, 0.25) is 11.8 Å². The van der Waals surface area contributed by atoms with E-state index >= 15 is 0 Å². The normalized spacial score (nSPS) is 24.2. The van der Waals surface area contributed by atoms with E-state index in [0.717, 1.165) is 12.0 Å². The molecule has 138 valence electrons. The molecule has 0 aliphatic heterocycles. The Bertz CT molecular complexity index is 603. The van der Waals surface area contributed by atoms with E-state index in [0.29, 0.717) is 19.6 Å². The molecule has 2 unspecified atom stereocenters. The highest BCUT2D eigenvalue weighted by atomic mass is 16.5. The van der Waals surface area contributed by atoms with Crippen molar-refractivity contribution < 1.29 is 14.3 Å². The number of hydrogen-bond donors (Lipinski definition) is 3. The number of hydrogen-bond acceptors (Lipinski definition) is 4. The van der Waals surface area contributed by atoms with Gasteiger partial charge in [0.05, 0.1) is 12.6 Å². The molecule has 2 rings (SSSR count). The van der Waals surface area contributed by atoms with Gasteiger partial charge in [0.15, 0.2) is 0 Å². The van der Waals surface area contributed by atoms with Crippen molar-refractivity contribution in [3.63, 3.8) is 0 Å². The zero-order valence-corrected chi connectivity index (χ0v) is 15.3. The fourth-order valence-corrected chi connectivity index (χ4v) is 3.19. The molecule has 1 aromatic rings. The van der Waals surface area contributed by atoms with E-state index in [1.54, 1.807) is 0 Å². The summed E-state index contributed by atoms with van der Waals surface area (Å²) in [4.78, 5) is 24.3. The molecule has 1 aliphatic rings. The van der Waals surface area contributed by atoms with Crippen LogP contribution in [0.1, 0.15) is 32.8 Å². The number of carbonyl (C=O) groups is 2. The molecule has 1 aromatic carbocycles. The third kappa shape index (κ3) is 4.19. The van der Waals surface area contributed by atoms with Crippen LogP contribution in [0.2, 0.25) is 0 Å². The summed E-state index contributed by atoms with van der Waals surface area (Å²) in [7, 11) is 0. The lowest BCUT2D eigenvalue weighted by Gasteiger charge is -2.57. The van der Waals surface area contributed by atoms with Crippen molar-refractivity contribution in [1.29, 1.82) is 0 Å². The molecule has 4 N–H and O–H groups in total. The maximum absolute atomic E-state index is 12.4. The van der Waals surface area contributed by atoms with Crippen molar-refractivity contribution in [2.75, 3.05) is 19.7 Å². The van der Waals surface area contributed by atoms with Crippen LogP contribution in [0.15, 0.2) is 30.3 Å². The highest BCUT2D eigenvalue weighted by Gasteiger charge is 2.62. The number of amides is 2. The third-order valence-corrected chi connectivity index (χ3v) is 5.22. The van der Waals surface area contributed by atoms with Gasteiger partial charge in [-0.15, -0.1) is 0 Å². The van der Waals surface area contributed by atoms with E-state index in [2.05, 4.69) is 10.6 Å². The van der Waals surface area contributed by atoms with Crippen molar-refractivity contribution in [3.8, 4) is 0 Å². The van der Waals surface area contributed by atoms with E-state index in [1.165, 1.54) is 0 Å². The molecular formula is C19H29N3O3. The van der Waals surface area contributed by atoms with Crippen molar-refractivity contribution in [1.82, 2.24) is 10.6 Å². The van der Waals surface area contributed by atoms with Crippen LogP contribution in [0.3, 0.4) is 0 Å². The Kier molecular flexibility index (Phi) is 6.19. The number of nitrogens with one attached hydrogen (secondary N) is 2. The Morgan fingerprint density at radius 1 is 1.24 bits per heavy atom. The fourth-order valence-electron chi connectivity index (χ4n) is 3.19. The molecule has 6 nitrogen and oxygen atoms in total. The summed E-state index contributed by atoms with van der Waals surface area (Å²) in [5.74, 6) is -0.516. The lowest BCUT2D eigenvalue weighted by atomic mass is 9.54. The van der Waals surface area contributed by atoms with Gasteiger partial charge in [0.25, 0.3) is 0 Å². The van der Waals surface area contributed by atoms with Crippen LogP contribution in [0.4, 0.5) is 0 Å². The lowest BCUT2D eigenvalue weighted by Crippen LogP contribution is -2.76. The largest absolute Gasteiger partial charge is 0.378 e. The molecule has 1 saturated carbocycles. The molecule has 2 amide bonds. The zero-order chi connectivity index (χ0) is 18.5. The van der Waals surface area contributed by atoms with Crippen LogP contribution in [0.25, 0.3) is 0 Å². The Hall–Kier alpha value is -1.92. The molecular weight excluding hydrogens is 318 g/mol. The average Bonchev–Trinajstić information content (AvgIpc) is 2.60. The molecule has 2 atom stereocenters. The first-order valence-electron chi connectivity index (χ1n) is 8.80. The minimum absolute atomic E-state index is 0.0343. The van der Waals surface area contributed by atoms with Crippen LogP contribution in [-0.2, 0) is 20.7 Å². The van der Waals surface area contributed by atoms with E-state index in [-0.39, 0.29) is 24.5 Å². The van der Waals surface area contributed by atoms with Crippen LogP contribution in [0.5, 0.6) is 0 Å². The van der Waals surface area contributed by atoms with Gasteiger partial charge < -0.3 is 21.1 Å². The molecule has 0 saturated heterocycles. The summed E-state index contributed by atoms with van der Waals surface area (Å²) in [6, 6.07) is 9.92. The molecule has 1 aliphatic carbocycles. The van der Waals surface area contributed by atoms with E-state index < -0.39 is 11.0 Å². The maximum atomic E-state index is 12.4. The molecule has 1 fully saturated rings. The van der Waals surface area contributed by atoms with Gasteiger partial charge in [0.1, 0.15) is 5.54 Å². The standard InChI is InChI=1S/C19H29N3O3/c1-4-25-15-12-19(20,18(15,2)3)17(24)22-13-16(23)21-11-10-14-8-6-5-7-9-14/h5-9,15H,4,10-13,20H2,1-3H3,(H,21,23)(H,22,24). The third-order valence-electron chi connectivity index (χ3n) is 5.22. The predicted octanol–water partition coefficient (Wildman–Crippen LogP) is 0.994. The lowest BCUT2D eigenvalue weighted by molar-refractivity contribution is -0.170. The second-order valence-electron chi connectivity index (χ2n) is 7.11. The summed E-state index contributed by atoms with van der Waals surface area (Å²) in [6.45, 7) is 6.83. The van der Waals surface area contributed by atoms with Gasteiger partial charge in [0, 0.05) is 25.0 Å². The summed E-state index contributed by atoms with van der Waals surface area (Å²) < 4.78 is 5.62. The summed E-state index contributed by atoms with van der Waals surface area (Å²) in [5, 5.41) is 5.46. The molecule has 0 spiro atoms. The fraction of sp³-hybridized carbons (Fsp3) is 0.579. The van der Waals surface area contributed by atoms with E-state index in [4.69, 9.17) is 10.5 Å². The molecule has 6 heteroatoms. The predicted molar refractivity (Wildman–Crippen MR) is 96.9 cm³/mol. The van der Waals surface area contributed by atoms with Gasteiger partial charge in [-0.25, -0.2) is 0 Å². The van der Waals surface area contributed by atoms with Crippen molar-refractivity contribution in [2.45, 2.75) is 45.3 Å². The first-order chi connectivity index (χ1) is 11.8.